The maximum atomic E-state index is 9.52. The summed E-state index contributed by atoms with van der Waals surface area (Å²) < 4.78 is 0. The molecule has 0 unspecified atom stereocenters. The Bertz CT molecular complexity index is 441. The minimum Gasteiger partial charge on any atom is -0.367 e. The lowest BCUT2D eigenvalue weighted by Gasteiger charge is -2.40. The summed E-state index contributed by atoms with van der Waals surface area (Å²) in [5, 5.41) is 13.0. The molecule has 1 saturated carbocycles. The van der Waals surface area contributed by atoms with Gasteiger partial charge in [-0.15, -0.1) is 0 Å². The van der Waals surface area contributed by atoms with Gasteiger partial charge < -0.3 is 5.32 Å². The van der Waals surface area contributed by atoms with Gasteiger partial charge in [-0.1, -0.05) is 31.5 Å². The van der Waals surface area contributed by atoms with Crippen LogP contribution in [0.2, 0.25) is 0 Å². The highest BCUT2D eigenvalue weighted by atomic mass is 15.0. The van der Waals surface area contributed by atoms with E-state index in [4.69, 9.17) is 0 Å². The molecule has 96 valence electrons. The van der Waals surface area contributed by atoms with Gasteiger partial charge in [0.2, 0.25) is 0 Å². The van der Waals surface area contributed by atoms with Crippen molar-refractivity contribution in [1.82, 2.24) is 0 Å². The zero-order valence-corrected chi connectivity index (χ0v) is 11.6. The number of aryl methyl sites for hydroxylation is 1. The first kappa shape index (κ1) is 13.0. The lowest BCUT2D eigenvalue weighted by Crippen LogP contribution is -2.42. The molecule has 1 aromatic carbocycles. The number of hydrogen-bond acceptors (Lipinski definition) is 2. The summed E-state index contributed by atoms with van der Waals surface area (Å²) in [5.41, 5.74) is 2.32. The van der Waals surface area contributed by atoms with Crippen molar-refractivity contribution in [2.45, 2.75) is 52.0 Å². The first-order chi connectivity index (χ1) is 8.45. The number of nitrogens with zero attached hydrogens (tertiary/aromatic N) is 1. The van der Waals surface area contributed by atoms with Gasteiger partial charge in [-0.25, -0.2) is 0 Å². The van der Waals surface area contributed by atoms with E-state index in [9.17, 15) is 5.26 Å². The molecule has 0 aromatic heterocycles. The third kappa shape index (κ3) is 2.85. The highest BCUT2D eigenvalue weighted by Crippen LogP contribution is 2.41. The van der Waals surface area contributed by atoms with Gasteiger partial charge in [-0.3, -0.25) is 0 Å². The van der Waals surface area contributed by atoms with Crippen molar-refractivity contribution in [3.63, 3.8) is 0 Å². The number of rotatable bonds is 2. The van der Waals surface area contributed by atoms with Crippen LogP contribution in [0.5, 0.6) is 0 Å². The standard InChI is InChI=1S/C16H22N2/c1-13-4-6-14(7-5-13)18-16(12-17)10-8-15(2,3)9-11-16/h4-7,18H,8-11H2,1-3H3. The number of nitriles is 1. The van der Waals surface area contributed by atoms with Gasteiger partial charge in [-0.2, -0.15) is 5.26 Å². The molecule has 1 fully saturated rings. The molecule has 2 rings (SSSR count). The Morgan fingerprint density at radius 3 is 2.11 bits per heavy atom. The van der Waals surface area contributed by atoms with E-state index in [1.165, 1.54) is 5.56 Å². The fraction of sp³-hybridized carbons (Fsp3) is 0.562. The molecule has 0 atom stereocenters. The summed E-state index contributed by atoms with van der Waals surface area (Å²) in [7, 11) is 0. The van der Waals surface area contributed by atoms with E-state index >= 15 is 0 Å². The monoisotopic (exact) mass is 242 g/mol. The highest BCUT2D eigenvalue weighted by molar-refractivity contribution is 5.49. The van der Waals surface area contributed by atoms with Crippen LogP contribution in [0.15, 0.2) is 24.3 Å². The molecule has 0 amide bonds. The second-order valence-electron chi connectivity index (χ2n) is 6.35. The average Bonchev–Trinajstić information content (AvgIpc) is 2.35. The topological polar surface area (TPSA) is 35.8 Å². The predicted molar refractivity (Wildman–Crippen MR) is 75.4 cm³/mol. The summed E-state index contributed by atoms with van der Waals surface area (Å²) in [4.78, 5) is 0. The van der Waals surface area contributed by atoms with Crippen LogP contribution in [-0.2, 0) is 0 Å². The van der Waals surface area contributed by atoms with E-state index in [1.54, 1.807) is 0 Å². The van der Waals surface area contributed by atoms with Gasteiger partial charge in [0, 0.05) is 5.69 Å². The number of hydrogen-bond donors (Lipinski definition) is 1. The average molecular weight is 242 g/mol. The van der Waals surface area contributed by atoms with E-state index in [2.05, 4.69) is 56.4 Å². The first-order valence-corrected chi connectivity index (χ1v) is 6.71. The number of anilines is 1. The Morgan fingerprint density at radius 1 is 1.06 bits per heavy atom. The van der Waals surface area contributed by atoms with Crippen molar-refractivity contribution in [2.24, 2.45) is 5.41 Å². The largest absolute Gasteiger partial charge is 0.367 e. The van der Waals surface area contributed by atoms with E-state index < -0.39 is 0 Å². The van der Waals surface area contributed by atoms with Crippen LogP contribution in [0.4, 0.5) is 5.69 Å². The van der Waals surface area contributed by atoms with Crippen molar-refractivity contribution in [3.8, 4) is 6.07 Å². The zero-order valence-electron chi connectivity index (χ0n) is 11.6. The van der Waals surface area contributed by atoms with E-state index in [-0.39, 0.29) is 5.54 Å². The Balaban J connectivity index is 2.11. The first-order valence-electron chi connectivity index (χ1n) is 6.71. The second-order valence-corrected chi connectivity index (χ2v) is 6.35. The van der Waals surface area contributed by atoms with Crippen LogP contribution < -0.4 is 5.32 Å². The van der Waals surface area contributed by atoms with Crippen molar-refractivity contribution in [3.05, 3.63) is 29.8 Å². The van der Waals surface area contributed by atoms with Crippen LogP contribution in [0, 0.1) is 23.7 Å². The molecule has 0 heterocycles. The van der Waals surface area contributed by atoms with Crippen LogP contribution in [-0.4, -0.2) is 5.54 Å². The number of benzene rings is 1. The van der Waals surface area contributed by atoms with Gasteiger partial charge in [-0.05, 0) is 50.2 Å². The van der Waals surface area contributed by atoms with Crippen molar-refractivity contribution in [2.75, 3.05) is 5.32 Å². The molecular weight excluding hydrogens is 220 g/mol. The highest BCUT2D eigenvalue weighted by Gasteiger charge is 2.38. The summed E-state index contributed by atoms with van der Waals surface area (Å²) in [5.74, 6) is 0. The maximum absolute atomic E-state index is 9.52. The third-order valence-electron chi connectivity index (χ3n) is 4.11. The molecule has 1 N–H and O–H groups in total. The molecule has 0 radical (unpaired) electrons. The smallest absolute Gasteiger partial charge is 0.125 e. The van der Waals surface area contributed by atoms with Crippen molar-refractivity contribution >= 4 is 5.69 Å². The van der Waals surface area contributed by atoms with Crippen molar-refractivity contribution < 1.29 is 0 Å². The fourth-order valence-electron chi connectivity index (χ4n) is 2.53. The Labute approximate surface area is 110 Å². The normalized spacial score (nSPS) is 21.0. The molecule has 2 heteroatoms. The Hall–Kier alpha value is -1.49. The summed E-state index contributed by atoms with van der Waals surface area (Å²) in [6.07, 6.45) is 4.09. The fourth-order valence-corrected chi connectivity index (χ4v) is 2.53. The van der Waals surface area contributed by atoms with E-state index in [1.807, 2.05) is 0 Å². The minimum absolute atomic E-state index is 0.370. The molecule has 0 bridgehead atoms. The molecule has 1 aliphatic rings. The Kier molecular flexibility index (Phi) is 3.34. The van der Waals surface area contributed by atoms with Gasteiger partial charge in [0.05, 0.1) is 6.07 Å². The third-order valence-corrected chi connectivity index (χ3v) is 4.11. The van der Waals surface area contributed by atoms with Gasteiger partial charge in [0.15, 0.2) is 0 Å². The molecule has 2 nitrogen and oxygen atoms in total. The summed E-state index contributed by atoms with van der Waals surface area (Å²) in [6, 6.07) is 10.8. The minimum atomic E-state index is -0.370. The molecule has 0 saturated heterocycles. The molecule has 1 aromatic rings. The van der Waals surface area contributed by atoms with Crippen LogP contribution >= 0.6 is 0 Å². The van der Waals surface area contributed by atoms with Crippen LogP contribution in [0.25, 0.3) is 0 Å². The lowest BCUT2D eigenvalue weighted by atomic mass is 9.70. The summed E-state index contributed by atoms with van der Waals surface area (Å²) in [6.45, 7) is 6.66. The van der Waals surface area contributed by atoms with Gasteiger partial charge in [0.25, 0.3) is 0 Å². The molecule has 0 spiro atoms. The lowest BCUT2D eigenvalue weighted by molar-refractivity contribution is 0.206. The molecule has 18 heavy (non-hydrogen) atoms. The Morgan fingerprint density at radius 2 is 1.61 bits per heavy atom. The van der Waals surface area contributed by atoms with E-state index in [0.29, 0.717) is 5.41 Å². The van der Waals surface area contributed by atoms with Crippen LogP contribution in [0.3, 0.4) is 0 Å². The summed E-state index contributed by atoms with van der Waals surface area (Å²) >= 11 is 0. The molecule has 1 aliphatic carbocycles. The maximum Gasteiger partial charge on any atom is 0.125 e. The molecular formula is C16H22N2. The van der Waals surface area contributed by atoms with Gasteiger partial charge in [0.1, 0.15) is 5.54 Å². The van der Waals surface area contributed by atoms with E-state index in [0.717, 1.165) is 31.4 Å². The number of nitrogens with one attached hydrogen (secondary N) is 1. The molecule has 0 aliphatic heterocycles. The second kappa shape index (κ2) is 4.65. The SMILES string of the molecule is Cc1ccc(NC2(C#N)CCC(C)(C)CC2)cc1. The van der Waals surface area contributed by atoms with Crippen LogP contribution in [0.1, 0.15) is 45.1 Å². The zero-order chi connectivity index (χ0) is 13.2. The predicted octanol–water partition coefficient (Wildman–Crippen LogP) is 4.27. The van der Waals surface area contributed by atoms with Crippen molar-refractivity contribution in [1.29, 1.82) is 5.26 Å². The van der Waals surface area contributed by atoms with Gasteiger partial charge >= 0.3 is 0 Å². The quantitative estimate of drug-likeness (QED) is 0.840.